The second-order valence-electron chi connectivity index (χ2n) is 9.00. The van der Waals surface area contributed by atoms with Gasteiger partial charge < -0.3 is 19.6 Å². The zero-order chi connectivity index (χ0) is 25.0. The van der Waals surface area contributed by atoms with Crippen LogP contribution in [0.2, 0.25) is 0 Å². The number of aromatic nitrogens is 1. The maximum absolute atomic E-state index is 12.1. The first-order valence-corrected chi connectivity index (χ1v) is 12.2. The van der Waals surface area contributed by atoms with Crippen molar-refractivity contribution in [1.82, 2.24) is 4.98 Å². The first-order valence-electron chi connectivity index (χ1n) is 12.2. The molecule has 0 amide bonds. The molecule has 1 heterocycles. The number of aromatic amines is 1. The number of fused-ring (bicyclic) bond motifs is 1. The molecule has 0 fully saturated rings. The summed E-state index contributed by atoms with van der Waals surface area (Å²) in [5.74, 6) is -1.46. The number of methoxy groups -OCH3 is 2. The quantitative estimate of drug-likeness (QED) is 0.199. The van der Waals surface area contributed by atoms with E-state index in [4.69, 9.17) is 9.47 Å². The highest BCUT2D eigenvalue weighted by atomic mass is 16.7. The van der Waals surface area contributed by atoms with E-state index in [2.05, 4.69) is 47.4 Å². The van der Waals surface area contributed by atoms with Crippen LogP contribution in [0.4, 0.5) is 0 Å². The molecule has 0 radical (unpaired) electrons. The molecule has 4 nitrogen and oxygen atoms in total. The maximum atomic E-state index is 12.1. The number of para-hydroxylation sites is 1. The molecule has 182 valence electrons. The summed E-state index contributed by atoms with van der Waals surface area (Å²) in [7, 11) is 3.23. The minimum atomic E-state index is -1.46. The first-order chi connectivity index (χ1) is 17.7. The molecule has 2 N–H and O–H groups in total. The summed E-state index contributed by atoms with van der Waals surface area (Å²) in [6, 6.07) is 38.6. The lowest BCUT2D eigenvalue weighted by atomic mass is 9.61. The van der Waals surface area contributed by atoms with Gasteiger partial charge in [0.2, 0.25) is 5.79 Å². The lowest BCUT2D eigenvalue weighted by molar-refractivity contribution is -0.283. The fraction of sp³-hybridized carbons (Fsp3) is 0.188. The number of aliphatic hydroxyl groups is 1. The number of ether oxygens (including phenoxy) is 2. The van der Waals surface area contributed by atoms with Crippen LogP contribution in [0.25, 0.3) is 10.9 Å². The van der Waals surface area contributed by atoms with E-state index >= 15 is 0 Å². The van der Waals surface area contributed by atoms with Crippen LogP contribution in [0, 0.1) is 0 Å². The maximum Gasteiger partial charge on any atom is 0.212 e. The van der Waals surface area contributed by atoms with E-state index in [1.165, 1.54) is 0 Å². The Kier molecular flexibility index (Phi) is 6.75. The number of hydrogen-bond donors (Lipinski definition) is 2. The van der Waals surface area contributed by atoms with Crippen LogP contribution in [0.5, 0.6) is 0 Å². The van der Waals surface area contributed by atoms with Crippen LogP contribution < -0.4 is 0 Å². The number of rotatable bonds is 9. The third kappa shape index (κ3) is 3.75. The van der Waals surface area contributed by atoms with Gasteiger partial charge >= 0.3 is 0 Å². The molecule has 5 aromatic rings. The molecule has 1 aromatic heterocycles. The van der Waals surface area contributed by atoms with Crippen LogP contribution in [0.15, 0.2) is 121 Å². The van der Waals surface area contributed by atoms with E-state index in [0.29, 0.717) is 6.42 Å². The highest BCUT2D eigenvalue weighted by molar-refractivity contribution is 5.83. The standard InChI is InChI=1S/C32H31NO3/c1-35-32(36-2,30(34)22-24-23-33-29-21-13-12-20-28(24)29)31(25-14-6-3-7-15-25,26-16-8-4-9-17-26)27-18-10-5-11-19-27/h3-21,23,30,33-34H,22H2,1-2H3. The van der Waals surface area contributed by atoms with Crippen molar-refractivity contribution >= 4 is 10.9 Å². The minimum absolute atomic E-state index is 0.333. The molecule has 0 bridgehead atoms. The van der Waals surface area contributed by atoms with Gasteiger partial charge in [-0.15, -0.1) is 0 Å². The van der Waals surface area contributed by atoms with Gasteiger partial charge in [0.1, 0.15) is 11.5 Å². The monoisotopic (exact) mass is 477 g/mol. The summed E-state index contributed by atoms with van der Waals surface area (Å²) in [5.41, 5.74) is 3.93. The van der Waals surface area contributed by atoms with Gasteiger partial charge in [-0.2, -0.15) is 0 Å². The molecule has 0 aliphatic carbocycles. The van der Waals surface area contributed by atoms with E-state index in [1.807, 2.05) is 79.0 Å². The van der Waals surface area contributed by atoms with Crippen LogP contribution in [0.1, 0.15) is 22.3 Å². The Hall–Kier alpha value is -3.70. The first kappa shape index (κ1) is 24.0. The molecule has 4 heteroatoms. The van der Waals surface area contributed by atoms with Crippen molar-refractivity contribution < 1.29 is 14.6 Å². The molecule has 0 aliphatic heterocycles. The lowest BCUT2D eigenvalue weighted by Crippen LogP contribution is -2.63. The second-order valence-corrected chi connectivity index (χ2v) is 9.00. The molecule has 0 saturated carbocycles. The van der Waals surface area contributed by atoms with Gasteiger partial charge in [0.05, 0.1) is 0 Å². The van der Waals surface area contributed by atoms with E-state index in [9.17, 15) is 5.11 Å². The Balaban J connectivity index is 1.79. The van der Waals surface area contributed by atoms with Gasteiger partial charge in [0, 0.05) is 37.7 Å². The zero-order valence-corrected chi connectivity index (χ0v) is 20.6. The van der Waals surface area contributed by atoms with Gasteiger partial charge in [-0.05, 0) is 28.3 Å². The fourth-order valence-electron chi connectivity index (χ4n) is 5.72. The van der Waals surface area contributed by atoms with Gasteiger partial charge in [-0.1, -0.05) is 109 Å². The Labute approximate surface area is 212 Å². The Bertz CT molecular complexity index is 1300. The summed E-state index contributed by atoms with van der Waals surface area (Å²) in [5, 5.41) is 13.2. The van der Waals surface area contributed by atoms with Gasteiger partial charge in [-0.25, -0.2) is 0 Å². The fourth-order valence-corrected chi connectivity index (χ4v) is 5.72. The molecule has 36 heavy (non-hydrogen) atoms. The van der Waals surface area contributed by atoms with Gasteiger partial charge in [-0.3, -0.25) is 0 Å². The van der Waals surface area contributed by atoms with Crippen molar-refractivity contribution in [3.63, 3.8) is 0 Å². The van der Waals surface area contributed by atoms with Crippen molar-refractivity contribution in [2.75, 3.05) is 14.2 Å². The highest BCUT2D eigenvalue weighted by Crippen LogP contribution is 2.51. The van der Waals surface area contributed by atoms with Crippen LogP contribution in [-0.2, 0) is 21.3 Å². The predicted octanol–water partition coefficient (Wildman–Crippen LogP) is 6.10. The minimum Gasteiger partial charge on any atom is -0.387 e. The van der Waals surface area contributed by atoms with E-state index in [-0.39, 0.29) is 0 Å². The van der Waals surface area contributed by atoms with E-state index in [0.717, 1.165) is 33.2 Å². The normalized spacial score (nSPS) is 13.1. The van der Waals surface area contributed by atoms with Crippen molar-refractivity contribution in [3.05, 3.63) is 144 Å². The zero-order valence-electron chi connectivity index (χ0n) is 20.6. The summed E-state index contributed by atoms with van der Waals surface area (Å²) in [6.07, 6.45) is 1.27. The van der Waals surface area contributed by atoms with E-state index < -0.39 is 17.3 Å². The summed E-state index contributed by atoms with van der Waals surface area (Å²) < 4.78 is 12.7. The predicted molar refractivity (Wildman–Crippen MR) is 144 cm³/mol. The number of benzene rings is 4. The van der Waals surface area contributed by atoms with E-state index in [1.54, 1.807) is 14.2 Å². The molecule has 5 rings (SSSR count). The van der Waals surface area contributed by atoms with Crippen LogP contribution in [-0.4, -0.2) is 36.2 Å². The molecule has 0 aliphatic rings. The molecule has 0 spiro atoms. The SMILES string of the molecule is COC(OC)(C(O)Cc1c[nH]c2ccccc12)C(c1ccccc1)(c1ccccc1)c1ccccc1. The third-order valence-electron chi connectivity index (χ3n) is 7.28. The summed E-state index contributed by atoms with van der Waals surface area (Å²) >= 11 is 0. The average molecular weight is 478 g/mol. The number of aliphatic hydroxyl groups excluding tert-OH is 1. The van der Waals surface area contributed by atoms with Crippen molar-refractivity contribution in [3.8, 4) is 0 Å². The third-order valence-corrected chi connectivity index (χ3v) is 7.28. The van der Waals surface area contributed by atoms with Crippen molar-refractivity contribution in [1.29, 1.82) is 0 Å². The van der Waals surface area contributed by atoms with Crippen molar-refractivity contribution in [2.45, 2.75) is 23.7 Å². The van der Waals surface area contributed by atoms with Crippen molar-refractivity contribution in [2.24, 2.45) is 0 Å². The Morgan fingerprint density at radius 2 is 1.11 bits per heavy atom. The Morgan fingerprint density at radius 3 is 1.58 bits per heavy atom. The van der Waals surface area contributed by atoms with Crippen LogP contribution in [0.3, 0.4) is 0 Å². The molecular weight excluding hydrogens is 446 g/mol. The highest BCUT2D eigenvalue weighted by Gasteiger charge is 2.60. The van der Waals surface area contributed by atoms with Gasteiger partial charge in [0.15, 0.2) is 0 Å². The smallest absolute Gasteiger partial charge is 0.212 e. The van der Waals surface area contributed by atoms with Gasteiger partial charge in [0.25, 0.3) is 0 Å². The lowest BCUT2D eigenvalue weighted by Gasteiger charge is -2.51. The largest absolute Gasteiger partial charge is 0.387 e. The molecule has 1 atom stereocenters. The molecule has 0 saturated heterocycles. The molecular formula is C32H31NO3. The average Bonchev–Trinajstić information content (AvgIpc) is 3.36. The molecule has 4 aromatic carbocycles. The molecule has 1 unspecified atom stereocenters. The number of H-pyrrole nitrogens is 1. The number of nitrogens with one attached hydrogen (secondary N) is 1. The summed E-state index contributed by atoms with van der Waals surface area (Å²) in [6.45, 7) is 0. The Morgan fingerprint density at radius 1 is 0.667 bits per heavy atom. The topological polar surface area (TPSA) is 54.5 Å². The summed E-state index contributed by atoms with van der Waals surface area (Å²) in [4.78, 5) is 3.32. The van der Waals surface area contributed by atoms with Crippen LogP contribution >= 0.6 is 0 Å². The number of hydrogen-bond acceptors (Lipinski definition) is 3. The second kappa shape index (κ2) is 10.1.